The highest BCUT2D eigenvalue weighted by Crippen LogP contribution is 2.07. The van der Waals surface area contributed by atoms with Gasteiger partial charge in [-0.05, 0) is 26.7 Å². The Bertz CT molecular complexity index is 386. The first kappa shape index (κ1) is 14.2. The molecule has 0 aromatic carbocycles. The number of nitrogens with one attached hydrogen (secondary N) is 2. The molecule has 0 unspecified atom stereocenters. The van der Waals surface area contributed by atoms with E-state index < -0.39 is 18.0 Å². The first-order valence-corrected chi connectivity index (χ1v) is 5.92. The molecule has 1 heterocycles. The molecule has 1 rings (SSSR count). The summed E-state index contributed by atoms with van der Waals surface area (Å²) in [6.07, 6.45) is 3.00. The SMILES string of the molecule is CC(C)=CC[C@@H](NC(=O)[C@@H]1CCC(=O)N1)C(N)=O. The van der Waals surface area contributed by atoms with E-state index in [1.54, 1.807) is 0 Å². The molecule has 18 heavy (non-hydrogen) atoms. The van der Waals surface area contributed by atoms with Crippen LogP contribution in [-0.4, -0.2) is 29.8 Å². The van der Waals surface area contributed by atoms with Crippen molar-refractivity contribution < 1.29 is 14.4 Å². The monoisotopic (exact) mass is 253 g/mol. The van der Waals surface area contributed by atoms with Crippen LogP contribution in [-0.2, 0) is 14.4 Å². The Balaban J connectivity index is 2.55. The van der Waals surface area contributed by atoms with Crippen molar-refractivity contribution in [2.24, 2.45) is 5.73 Å². The van der Waals surface area contributed by atoms with E-state index in [9.17, 15) is 14.4 Å². The molecule has 0 aromatic rings. The molecule has 6 nitrogen and oxygen atoms in total. The minimum absolute atomic E-state index is 0.143. The van der Waals surface area contributed by atoms with Gasteiger partial charge in [0.25, 0.3) is 0 Å². The van der Waals surface area contributed by atoms with E-state index in [-0.39, 0.29) is 11.8 Å². The first-order valence-electron chi connectivity index (χ1n) is 5.92. The zero-order valence-corrected chi connectivity index (χ0v) is 10.7. The van der Waals surface area contributed by atoms with E-state index >= 15 is 0 Å². The fraction of sp³-hybridized carbons (Fsp3) is 0.583. The van der Waals surface area contributed by atoms with Crippen LogP contribution < -0.4 is 16.4 Å². The molecule has 4 N–H and O–H groups in total. The van der Waals surface area contributed by atoms with Crippen molar-refractivity contribution in [3.8, 4) is 0 Å². The molecule has 0 saturated carbocycles. The fourth-order valence-corrected chi connectivity index (χ4v) is 1.68. The topological polar surface area (TPSA) is 101 Å². The highest BCUT2D eigenvalue weighted by Gasteiger charge is 2.29. The van der Waals surface area contributed by atoms with Crippen molar-refractivity contribution in [2.75, 3.05) is 0 Å². The van der Waals surface area contributed by atoms with Gasteiger partial charge < -0.3 is 16.4 Å². The Morgan fingerprint density at radius 3 is 2.67 bits per heavy atom. The molecule has 3 amide bonds. The molecule has 2 atom stereocenters. The lowest BCUT2D eigenvalue weighted by atomic mass is 10.1. The van der Waals surface area contributed by atoms with Gasteiger partial charge in [0.05, 0.1) is 0 Å². The van der Waals surface area contributed by atoms with Gasteiger partial charge in [0.2, 0.25) is 17.7 Å². The Morgan fingerprint density at radius 2 is 2.22 bits per heavy atom. The largest absolute Gasteiger partial charge is 0.368 e. The van der Waals surface area contributed by atoms with Crippen LogP contribution in [0.4, 0.5) is 0 Å². The van der Waals surface area contributed by atoms with Gasteiger partial charge in [-0.2, -0.15) is 0 Å². The molecular formula is C12H19N3O3. The van der Waals surface area contributed by atoms with Crippen LogP contribution in [0.15, 0.2) is 11.6 Å². The summed E-state index contributed by atoms with van der Waals surface area (Å²) in [5.74, 6) is -1.08. The molecular weight excluding hydrogens is 234 g/mol. The summed E-state index contributed by atoms with van der Waals surface area (Å²) < 4.78 is 0. The number of hydrogen-bond donors (Lipinski definition) is 3. The normalized spacial score (nSPS) is 19.9. The summed E-state index contributed by atoms with van der Waals surface area (Å²) in [5.41, 5.74) is 6.27. The molecule has 1 fully saturated rings. The molecule has 0 bridgehead atoms. The van der Waals surface area contributed by atoms with E-state index in [2.05, 4.69) is 10.6 Å². The lowest BCUT2D eigenvalue weighted by Gasteiger charge is -2.17. The molecule has 1 aliphatic rings. The van der Waals surface area contributed by atoms with Gasteiger partial charge in [0, 0.05) is 6.42 Å². The van der Waals surface area contributed by atoms with Gasteiger partial charge >= 0.3 is 0 Å². The van der Waals surface area contributed by atoms with Crippen LogP contribution in [0.25, 0.3) is 0 Å². The summed E-state index contributed by atoms with van der Waals surface area (Å²) in [6, 6.07) is -1.28. The fourth-order valence-electron chi connectivity index (χ4n) is 1.68. The third-order valence-electron chi connectivity index (χ3n) is 2.73. The van der Waals surface area contributed by atoms with Crippen molar-refractivity contribution >= 4 is 17.7 Å². The quantitative estimate of drug-likeness (QED) is 0.580. The van der Waals surface area contributed by atoms with Gasteiger partial charge in [0.1, 0.15) is 12.1 Å². The average molecular weight is 253 g/mol. The van der Waals surface area contributed by atoms with Crippen LogP contribution in [0, 0.1) is 0 Å². The zero-order valence-electron chi connectivity index (χ0n) is 10.7. The number of hydrogen-bond acceptors (Lipinski definition) is 3. The highest BCUT2D eigenvalue weighted by atomic mass is 16.2. The Hall–Kier alpha value is -1.85. The van der Waals surface area contributed by atoms with Gasteiger partial charge in [-0.1, -0.05) is 11.6 Å². The van der Waals surface area contributed by atoms with Crippen molar-refractivity contribution in [1.82, 2.24) is 10.6 Å². The number of rotatable bonds is 5. The van der Waals surface area contributed by atoms with Crippen molar-refractivity contribution in [1.29, 1.82) is 0 Å². The molecule has 1 saturated heterocycles. The lowest BCUT2D eigenvalue weighted by molar-refractivity contribution is -0.129. The predicted octanol–water partition coefficient (Wildman–Crippen LogP) is -0.409. The van der Waals surface area contributed by atoms with Crippen LogP contribution >= 0.6 is 0 Å². The van der Waals surface area contributed by atoms with Crippen LogP contribution in [0.5, 0.6) is 0 Å². The Morgan fingerprint density at radius 1 is 1.56 bits per heavy atom. The Kier molecular flexibility index (Phi) is 4.88. The summed E-state index contributed by atoms with van der Waals surface area (Å²) in [7, 11) is 0. The van der Waals surface area contributed by atoms with E-state index in [0.717, 1.165) is 5.57 Å². The number of carbonyl (C=O) groups is 3. The molecule has 0 aliphatic carbocycles. The summed E-state index contributed by atoms with van der Waals surface area (Å²) in [6.45, 7) is 3.80. The van der Waals surface area contributed by atoms with Crippen LogP contribution in [0.3, 0.4) is 0 Å². The van der Waals surface area contributed by atoms with Crippen LogP contribution in [0.1, 0.15) is 33.1 Å². The number of primary amides is 1. The molecule has 6 heteroatoms. The zero-order chi connectivity index (χ0) is 13.7. The van der Waals surface area contributed by atoms with E-state index in [1.807, 2.05) is 19.9 Å². The van der Waals surface area contributed by atoms with E-state index in [1.165, 1.54) is 0 Å². The van der Waals surface area contributed by atoms with Crippen molar-refractivity contribution in [2.45, 2.75) is 45.2 Å². The number of amides is 3. The molecule has 0 spiro atoms. The standard InChI is InChI=1S/C12H19N3O3/c1-7(2)3-4-8(11(13)17)15-12(18)9-5-6-10(16)14-9/h3,8-9H,4-6H2,1-2H3,(H2,13,17)(H,14,16)(H,15,18)/t8-,9+/m1/s1. The smallest absolute Gasteiger partial charge is 0.243 e. The maximum Gasteiger partial charge on any atom is 0.243 e. The minimum Gasteiger partial charge on any atom is -0.368 e. The predicted molar refractivity (Wildman–Crippen MR) is 66.3 cm³/mol. The first-order chi connectivity index (χ1) is 8.40. The number of allylic oxidation sites excluding steroid dienone is 1. The molecule has 0 aromatic heterocycles. The van der Waals surface area contributed by atoms with Gasteiger partial charge in [-0.15, -0.1) is 0 Å². The highest BCUT2D eigenvalue weighted by molar-refractivity contribution is 5.93. The van der Waals surface area contributed by atoms with Crippen LogP contribution in [0.2, 0.25) is 0 Å². The molecule has 100 valence electrons. The van der Waals surface area contributed by atoms with Crippen molar-refractivity contribution in [3.63, 3.8) is 0 Å². The van der Waals surface area contributed by atoms with E-state index in [4.69, 9.17) is 5.73 Å². The second-order valence-corrected chi connectivity index (χ2v) is 4.64. The minimum atomic E-state index is -0.732. The molecule has 1 aliphatic heterocycles. The summed E-state index contributed by atoms with van der Waals surface area (Å²) >= 11 is 0. The van der Waals surface area contributed by atoms with Crippen molar-refractivity contribution in [3.05, 3.63) is 11.6 Å². The second-order valence-electron chi connectivity index (χ2n) is 4.64. The lowest BCUT2D eigenvalue weighted by Crippen LogP contribution is -2.50. The molecule has 0 radical (unpaired) electrons. The summed E-state index contributed by atoms with van der Waals surface area (Å²) in [5, 5.41) is 5.11. The van der Waals surface area contributed by atoms with Gasteiger partial charge in [-0.3, -0.25) is 14.4 Å². The van der Waals surface area contributed by atoms with Gasteiger partial charge in [0.15, 0.2) is 0 Å². The maximum absolute atomic E-state index is 11.8. The Labute approximate surface area is 106 Å². The average Bonchev–Trinajstić information content (AvgIpc) is 2.70. The number of carbonyl (C=O) groups excluding carboxylic acids is 3. The summed E-state index contributed by atoms with van der Waals surface area (Å²) in [4.78, 5) is 34.0. The van der Waals surface area contributed by atoms with E-state index in [0.29, 0.717) is 19.3 Å². The van der Waals surface area contributed by atoms with Gasteiger partial charge in [-0.25, -0.2) is 0 Å². The third kappa shape index (κ3) is 4.20. The third-order valence-corrected chi connectivity index (χ3v) is 2.73. The number of nitrogens with two attached hydrogens (primary N) is 1. The second kappa shape index (κ2) is 6.18. The maximum atomic E-state index is 11.8.